The van der Waals surface area contributed by atoms with Crippen LogP contribution in [0.15, 0.2) is 73.6 Å². The molecule has 216 valence electrons. The largest absolute Gasteiger partial charge is 0.388 e. The van der Waals surface area contributed by atoms with E-state index >= 15 is 4.39 Å². The Morgan fingerprint density at radius 1 is 1.10 bits per heavy atom. The number of hydrogen-bond donors (Lipinski definition) is 3. The smallest absolute Gasteiger partial charge is 0.223 e. The van der Waals surface area contributed by atoms with Gasteiger partial charge in [-0.25, -0.2) is 23.6 Å². The van der Waals surface area contributed by atoms with Gasteiger partial charge in [0.25, 0.3) is 0 Å². The van der Waals surface area contributed by atoms with Crippen LogP contribution in [0.25, 0.3) is 32.4 Å². The lowest BCUT2D eigenvalue weighted by molar-refractivity contribution is 0.277. The van der Waals surface area contributed by atoms with Gasteiger partial charge in [0.2, 0.25) is 5.95 Å². The molecule has 0 saturated carbocycles. The lowest BCUT2D eigenvalue weighted by Gasteiger charge is -2.15. The monoisotopic (exact) mass is 593 g/mol. The van der Waals surface area contributed by atoms with Crippen LogP contribution >= 0.6 is 23.5 Å². The van der Waals surface area contributed by atoms with Crippen molar-refractivity contribution in [1.82, 2.24) is 24.6 Å². The predicted octanol–water partition coefficient (Wildman–Crippen LogP) is 6.94. The van der Waals surface area contributed by atoms with E-state index in [9.17, 15) is 0 Å². The summed E-state index contributed by atoms with van der Waals surface area (Å²) in [5.41, 5.74) is 3.09. The Labute approximate surface area is 249 Å². The van der Waals surface area contributed by atoms with Crippen LogP contribution in [0.2, 0.25) is 0 Å². The van der Waals surface area contributed by atoms with Gasteiger partial charge in [-0.05, 0) is 44.2 Å². The Hall–Kier alpha value is -3.51. The molecule has 0 spiro atoms. The molecule has 3 heterocycles. The van der Waals surface area contributed by atoms with Crippen LogP contribution in [0.1, 0.15) is 19.8 Å². The first-order chi connectivity index (χ1) is 20.0. The topological polar surface area (TPSA) is 87.2 Å². The molecule has 0 aliphatic carbocycles. The average molecular weight is 594 g/mol. The lowest BCUT2D eigenvalue weighted by atomic mass is 10.1. The summed E-state index contributed by atoms with van der Waals surface area (Å²) in [5.74, 6) is 0.167. The van der Waals surface area contributed by atoms with Gasteiger partial charge in [-0.1, -0.05) is 43.0 Å². The van der Waals surface area contributed by atoms with Crippen molar-refractivity contribution in [3.8, 4) is 32.4 Å². The molecule has 1 saturated heterocycles. The molecule has 3 N–H and O–H groups in total. The van der Waals surface area contributed by atoms with Gasteiger partial charge in [0.1, 0.15) is 5.01 Å². The van der Waals surface area contributed by atoms with Gasteiger partial charge in [0.15, 0.2) is 5.82 Å². The van der Waals surface area contributed by atoms with Crippen molar-refractivity contribution >= 4 is 35.1 Å². The van der Waals surface area contributed by atoms with Gasteiger partial charge in [-0.2, -0.15) is 0 Å². The summed E-state index contributed by atoms with van der Waals surface area (Å²) < 4.78 is 25.6. The molecule has 1 aliphatic rings. The highest BCUT2D eigenvalue weighted by atomic mass is 32.2. The number of hydrogen-bond acceptors (Lipinski definition) is 10. The summed E-state index contributed by atoms with van der Waals surface area (Å²) in [6.45, 7) is 8.37. The minimum absolute atomic E-state index is 0.158. The second kappa shape index (κ2) is 15.5. The fourth-order valence-electron chi connectivity index (χ4n) is 4.14. The van der Waals surface area contributed by atoms with Crippen molar-refractivity contribution in [2.45, 2.75) is 25.8 Å². The predicted molar refractivity (Wildman–Crippen MR) is 170 cm³/mol. The summed E-state index contributed by atoms with van der Waals surface area (Å²) in [4.78, 5) is 14.8. The van der Waals surface area contributed by atoms with Gasteiger partial charge in [0.05, 0.1) is 22.0 Å². The number of nitrogens with zero attached hydrogens (tertiary/aromatic N) is 4. The molecule has 1 fully saturated rings. The van der Waals surface area contributed by atoms with Crippen LogP contribution in [0.5, 0.6) is 0 Å². The molecule has 4 aromatic rings. The van der Waals surface area contributed by atoms with Crippen molar-refractivity contribution in [1.29, 1.82) is 0 Å². The first-order valence-electron chi connectivity index (χ1n) is 13.4. The number of benzene rings is 2. The number of ether oxygens (including phenoxy) is 1. The first kappa shape index (κ1) is 30.4. The maximum absolute atomic E-state index is 15.9. The maximum Gasteiger partial charge on any atom is 0.223 e. The Bertz CT molecular complexity index is 1400. The van der Waals surface area contributed by atoms with Crippen LogP contribution in [0, 0.1) is 5.82 Å². The average Bonchev–Trinajstić information content (AvgIpc) is 3.68. The SMILES string of the molecule is C=CN[C@@H](C)CNc1nccc(-c2sc(-c3ccccc3)nc2-c2cccc(NSN3CCCC3)c2F)n1.COC. The van der Waals surface area contributed by atoms with Crippen LogP contribution in [-0.4, -0.2) is 59.2 Å². The normalized spacial score (nSPS) is 13.7. The number of halogens is 1. The van der Waals surface area contributed by atoms with E-state index in [0.29, 0.717) is 35.1 Å². The maximum atomic E-state index is 15.9. The van der Waals surface area contributed by atoms with Crippen molar-refractivity contribution in [2.24, 2.45) is 0 Å². The zero-order chi connectivity index (χ0) is 29.0. The minimum Gasteiger partial charge on any atom is -0.388 e. The highest BCUT2D eigenvalue weighted by Gasteiger charge is 2.22. The van der Waals surface area contributed by atoms with Crippen LogP contribution in [0.3, 0.4) is 0 Å². The van der Waals surface area contributed by atoms with E-state index in [0.717, 1.165) is 28.5 Å². The molecule has 0 unspecified atom stereocenters. The van der Waals surface area contributed by atoms with E-state index in [4.69, 9.17) is 9.97 Å². The highest BCUT2D eigenvalue weighted by molar-refractivity contribution is 7.98. The molecule has 5 rings (SSSR count). The zero-order valence-corrected chi connectivity index (χ0v) is 25.2. The van der Waals surface area contributed by atoms with Crippen LogP contribution < -0.4 is 15.4 Å². The van der Waals surface area contributed by atoms with Gasteiger partial charge in [-0.3, -0.25) is 0 Å². The van der Waals surface area contributed by atoms with E-state index in [1.807, 2.05) is 49.4 Å². The third kappa shape index (κ3) is 8.26. The van der Waals surface area contributed by atoms with E-state index in [2.05, 4.69) is 36.0 Å². The lowest BCUT2D eigenvalue weighted by Crippen LogP contribution is -2.28. The second-order valence-corrected chi connectivity index (χ2v) is 11.3. The standard InChI is InChI=1S/C28H30FN7S2.C2H6O/c1-3-30-19(2)18-32-28-31-15-14-23(33-28)26-25(34-27(37-26)20-10-5-4-6-11-20)21-12-9-13-22(24(21)29)35-38-36-16-7-8-17-36;1-3-2/h3-6,9-15,19,30,35H,1,7-8,16-18H2,2H3,(H,31,32,33);1-2H3/t19-;/m0./s1. The molecule has 1 aliphatic heterocycles. The summed E-state index contributed by atoms with van der Waals surface area (Å²) >= 11 is 2.95. The van der Waals surface area contributed by atoms with E-state index in [1.54, 1.807) is 38.7 Å². The summed E-state index contributed by atoms with van der Waals surface area (Å²) in [6, 6.07) is 17.3. The molecule has 0 amide bonds. The van der Waals surface area contributed by atoms with Gasteiger partial charge in [-0.15, -0.1) is 11.3 Å². The second-order valence-electron chi connectivity index (χ2n) is 9.39. The molecule has 1 atom stereocenters. The first-order valence-corrected chi connectivity index (χ1v) is 15.0. The van der Waals surface area contributed by atoms with Crippen molar-refractivity contribution in [3.05, 3.63) is 79.4 Å². The summed E-state index contributed by atoms with van der Waals surface area (Å²) in [6.07, 6.45) is 5.71. The van der Waals surface area contributed by atoms with E-state index in [1.165, 1.54) is 36.3 Å². The van der Waals surface area contributed by atoms with Crippen LogP contribution in [0.4, 0.5) is 16.0 Å². The number of rotatable bonds is 11. The number of thiazole rings is 1. The van der Waals surface area contributed by atoms with Crippen molar-refractivity contribution < 1.29 is 9.13 Å². The molecule has 0 bridgehead atoms. The number of aromatic nitrogens is 3. The summed E-state index contributed by atoms with van der Waals surface area (Å²) in [5, 5.41) is 7.20. The molecular formula is C30H36FN7OS2. The Morgan fingerprint density at radius 3 is 2.59 bits per heavy atom. The minimum atomic E-state index is -0.331. The molecule has 8 nitrogen and oxygen atoms in total. The van der Waals surface area contributed by atoms with Gasteiger partial charge in [0, 0.05) is 69.4 Å². The Morgan fingerprint density at radius 2 is 1.85 bits per heavy atom. The van der Waals surface area contributed by atoms with Crippen LogP contribution in [-0.2, 0) is 4.74 Å². The Kier molecular flexibility index (Phi) is 11.5. The fourth-order valence-corrected chi connectivity index (χ4v) is 6.02. The van der Waals surface area contributed by atoms with Crippen molar-refractivity contribution in [2.75, 3.05) is 43.9 Å². The molecule has 41 heavy (non-hydrogen) atoms. The molecule has 2 aromatic heterocycles. The number of anilines is 2. The third-order valence-electron chi connectivity index (χ3n) is 6.11. The fraction of sp³-hybridized carbons (Fsp3) is 0.300. The summed E-state index contributed by atoms with van der Waals surface area (Å²) in [7, 11) is 3.25. The molecular weight excluding hydrogens is 558 g/mol. The zero-order valence-electron chi connectivity index (χ0n) is 23.6. The molecule has 2 aromatic carbocycles. The molecule has 0 radical (unpaired) electrons. The number of methoxy groups -OCH3 is 1. The van der Waals surface area contributed by atoms with Crippen molar-refractivity contribution in [3.63, 3.8) is 0 Å². The van der Waals surface area contributed by atoms with Gasteiger partial charge >= 0.3 is 0 Å². The Balaban J connectivity index is 0.00000124. The van der Waals surface area contributed by atoms with E-state index in [-0.39, 0.29) is 11.9 Å². The molecule has 11 heteroatoms. The van der Waals surface area contributed by atoms with E-state index < -0.39 is 0 Å². The number of nitrogens with one attached hydrogen (secondary N) is 3. The van der Waals surface area contributed by atoms with Gasteiger partial charge < -0.3 is 20.1 Å². The highest BCUT2D eigenvalue weighted by Crippen LogP contribution is 2.42. The quantitative estimate of drug-likeness (QED) is 0.160. The third-order valence-corrected chi connectivity index (χ3v) is 8.17.